The van der Waals surface area contributed by atoms with E-state index in [1.54, 1.807) is 18.2 Å². The van der Waals surface area contributed by atoms with Crippen LogP contribution in [0, 0.1) is 24.7 Å². The zero-order chi connectivity index (χ0) is 16.9. The standard InChI is InChI=1S/C19H23ClN2O2/c1-11-15(20)3-2-4-16(11)21-17(23)18(24)22-19-8-12-5-13(9-19)7-14(6-12)10-19/h2-4,12-14H,5-10H2,1H3,(H,21,23)(H,22,24). The third-order valence-corrected chi connectivity index (χ3v) is 6.55. The molecule has 1 aromatic carbocycles. The molecule has 4 saturated carbocycles. The van der Waals surface area contributed by atoms with Gasteiger partial charge in [0.1, 0.15) is 0 Å². The maximum atomic E-state index is 12.5. The van der Waals surface area contributed by atoms with E-state index < -0.39 is 11.8 Å². The summed E-state index contributed by atoms with van der Waals surface area (Å²) in [6, 6.07) is 5.29. The van der Waals surface area contributed by atoms with Gasteiger partial charge in [-0.1, -0.05) is 17.7 Å². The molecule has 0 atom stereocenters. The van der Waals surface area contributed by atoms with Gasteiger partial charge in [0.2, 0.25) is 0 Å². The van der Waals surface area contributed by atoms with Crippen molar-refractivity contribution in [1.29, 1.82) is 0 Å². The van der Waals surface area contributed by atoms with Crippen molar-refractivity contribution in [3.63, 3.8) is 0 Å². The Hall–Kier alpha value is -1.55. The normalized spacial score (nSPS) is 33.3. The Labute approximate surface area is 147 Å². The molecule has 24 heavy (non-hydrogen) atoms. The number of halogens is 1. The van der Waals surface area contributed by atoms with Crippen LogP contribution in [-0.2, 0) is 9.59 Å². The molecular formula is C19H23ClN2O2. The second-order valence-corrected chi connectivity index (χ2v) is 8.43. The number of anilines is 1. The molecule has 2 amide bonds. The van der Waals surface area contributed by atoms with Crippen LogP contribution < -0.4 is 10.6 Å². The first-order chi connectivity index (χ1) is 11.4. The number of amides is 2. The summed E-state index contributed by atoms with van der Waals surface area (Å²) in [5, 5.41) is 6.37. The van der Waals surface area contributed by atoms with Gasteiger partial charge in [-0.25, -0.2) is 0 Å². The molecule has 4 fully saturated rings. The van der Waals surface area contributed by atoms with E-state index >= 15 is 0 Å². The lowest BCUT2D eigenvalue weighted by Crippen LogP contribution is -2.61. The van der Waals surface area contributed by atoms with Crippen LogP contribution in [-0.4, -0.2) is 17.4 Å². The summed E-state index contributed by atoms with van der Waals surface area (Å²) in [6.45, 7) is 1.83. The maximum absolute atomic E-state index is 12.5. The molecule has 2 N–H and O–H groups in total. The minimum Gasteiger partial charge on any atom is -0.342 e. The number of hydrogen-bond acceptors (Lipinski definition) is 2. The maximum Gasteiger partial charge on any atom is 0.313 e. The molecule has 4 nitrogen and oxygen atoms in total. The van der Waals surface area contributed by atoms with Gasteiger partial charge in [-0.15, -0.1) is 0 Å². The largest absolute Gasteiger partial charge is 0.342 e. The highest BCUT2D eigenvalue weighted by atomic mass is 35.5. The van der Waals surface area contributed by atoms with Gasteiger partial charge in [-0.05, 0) is 80.9 Å². The van der Waals surface area contributed by atoms with Crippen molar-refractivity contribution >= 4 is 29.1 Å². The van der Waals surface area contributed by atoms with Crippen molar-refractivity contribution in [2.45, 2.75) is 51.0 Å². The Kier molecular flexibility index (Phi) is 3.83. The van der Waals surface area contributed by atoms with Gasteiger partial charge in [-0.2, -0.15) is 0 Å². The second-order valence-electron chi connectivity index (χ2n) is 8.02. The summed E-state index contributed by atoms with van der Waals surface area (Å²) in [7, 11) is 0. The Balaban J connectivity index is 1.44. The Bertz CT molecular complexity index is 665. The first-order valence-corrected chi connectivity index (χ1v) is 9.20. The molecule has 4 bridgehead atoms. The lowest BCUT2D eigenvalue weighted by molar-refractivity contribution is -0.139. The second kappa shape index (κ2) is 5.76. The fraction of sp³-hybridized carbons (Fsp3) is 0.579. The quantitative estimate of drug-likeness (QED) is 0.803. The zero-order valence-electron chi connectivity index (χ0n) is 13.9. The third-order valence-electron chi connectivity index (χ3n) is 6.14. The van der Waals surface area contributed by atoms with Gasteiger partial charge in [0.05, 0.1) is 0 Å². The Morgan fingerprint density at radius 1 is 1.04 bits per heavy atom. The van der Waals surface area contributed by atoms with Crippen molar-refractivity contribution < 1.29 is 9.59 Å². The fourth-order valence-electron chi connectivity index (χ4n) is 5.48. The SMILES string of the molecule is Cc1c(Cl)cccc1NC(=O)C(=O)NC12CC3CC(CC(C3)C1)C2. The van der Waals surface area contributed by atoms with E-state index in [1.165, 1.54) is 19.3 Å². The van der Waals surface area contributed by atoms with Crippen LogP contribution in [0.1, 0.15) is 44.1 Å². The minimum absolute atomic E-state index is 0.146. The topological polar surface area (TPSA) is 58.2 Å². The van der Waals surface area contributed by atoms with Crippen molar-refractivity contribution in [3.8, 4) is 0 Å². The lowest BCUT2D eigenvalue weighted by atomic mass is 9.53. The minimum atomic E-state index is -0.601. The summed E-state index contributed by atoms with van der Waals surface area (Å²) >= 11 is 6.07. The van der Waals surface area contributed by atoms with Crippen LogP contribution in [0.2, 0.25) is 5.02 Å². The number of carbonyl (C=O) groups excluding carboxylic acids is 2. The molecule has 0 heterocycles. The predicted molar refractivity (Wildman–Crippen MR) is 93.9 cm³/mol. The molecule has 128 valence electrons. The number of rotatable bonds is 2. The smallest absolute Gasteiger partial charge is 0.313 e. The predicted octanol–water partition coefficient (Wildman–Crippen LogP) is 3.67. The van der Waals surface area contributed by atoms with Gasteiger partial charge < -0.3 is 10.6 Å². The number of benzene rings is 1. The molecule has 4 aliphatic carbocycles. The third kappa shape index (κ3) is 2.81. The van der Waals surface area contributed by atoms with E-state index in [0.717, 1.165) is 42.6 Å². The van der Waals surface area contributed by atoms with Crippen LogP contribution in [0.3, 0.4) is 0 Å². The summed E-state index contributed by atoms with van der Waals surface area (Å²) in [5.41, 5.74) is 1.22. The van der Waals surface area contributed by atoms with Crippen LogP contribution in [0.5, 0.6) is 0 Å². The Morgan fingerprint density at radius 3 is 2.21 bits per heavy atom. The van der Waals surface area contributed by atoms with E-state index in [2.05, 4.69) is 10.6 Å². The van der Waals surface area contributed by atoms with Crippen LogP contribution >= 0.6 is 11.6 Å². The Morgan fingerprint density at radius 2 is 1.62 bits per heavy atom. The molecule has 0 radical (unpaired) electrons. The summed E-state index contributed by atoms with van der Waals surface area (Å²) in [4.78, 5) is 24.8. The fourth-order valence-corrected chi connectivity index (χ4v) is 5.66. The molecule has 1 aromatic rings. The van der Waals surface area contributed by atoms with Gasteiger partial charge in [0.15, 0.2) is 0 Å². The first kappa shape index (κ1) is 15.9. The van der Waals surface area contributed by atoms with Crippen LogP contribution in [0.15, 0.2) is 18.2 Å². The molecular weight excluding hydrogens is 324 g/mol. The molecule has 4 aliphatic rings. The average molecular weight is 347 g/mol. The zero-order valence-corrected chi connectivity index (χ0v) is 14.7. The highest BCUT2D eigenvalue weighted by Crippen LogP contribution is 2.55. The van der Waals surface area contributed by atoms with Gasteiger partial charge >= 0.3 is 11.8 Å². The molecule has 0 unspecified atom stereocenters. The molecule has 0 saturated heterocycles. The van der Waals surface area contributed by atoms with Gasteiger partial charge in [-0.3, -0.25) is 9.59 Å². The molecule has 5 heteroatoms. The van der Waals surface area contributed by atoms with Crippen molar-refractivity contribution in [2.24, 2.45) is 17.8 Å². The molecule has 5 rings (SSSR count). The van der Waals surface area contributed by atoms with Crippen molar-refractivity contribution in [1.82, 2.24) is 5.32 Å². The molecule has 0 spiro atoms. The summed E-state index contributed by atoms with van der Waals surface area (Å²) in [6.07, 6.45) is 7.03. The number of carbonyl (C=O) groups is 2. The van der Waals surface area contributed by atoms with Gasteiger partial charge in [0.25, 0.3) is 0 Å². The van der Waals surface area contributed by atoms with E-state index in [-0.39, 0.29) is 5.54 Å². The first-order valence-electron chi connectivity index (χ1n) is 8.83. The van der Waals surface area contributed by atoms with Crippen LogP contribution in [0.4, 0.5) is 5.69 Å². The number of hydrogen-bond donors (Lipinski definition) is 2. The van der Waals surface area contributed by atoms with E-state index in [9.17, 15) is 9.59 Å². The highest BCUT2D eigenvalue weighted by molar-refractivity contribution is 6.40. The average Bonchev–Trinajstić information content (AvgIpc) is 2.50. The monoisotopic (exact) mass is 346 g/mol. The molecule has 0 aromatic heterocycles. The lowest BCUT2D eigenvalue weighted by Gasteiger charge is -2.56. The van der Waals surface area contributed by atoms with Crippen molar-refractivity contribution in [2.75, 3.05) is 5.32 Å². The van der Waals surface area contributed by atoms with Crippen LogP contribution in [0.25, 0.3) is 0 Å². The van der Waals surface area contributed by atoms with E-state index in [4.69, 9.17) is 11.6 Å². The summed E-state index contributed by atoms with van der Waals surface area (Å²) < 4.78 is 0. The van der Waals surface area contributed by atoms with Gasteiger partial charge in [0, 0.05) is 16.2 Å². The van der Waals surface area contributed by atoms with E-state index in [1.807, 2.05) is 6.92 Å². The number of nitrogens with one attached hydrogen (secondary N) is 2. The van der Waals surface area contributed by atoms with E-state index in [0.29, 0.717) is 10.7 Å². The highest BCUT2D eigenvalue weighted by Gasteiger charge is 2.51. The summed E-state index contributed by atoms with van der Waals surface area (Å²) in [5.74, 6) is 1.08. The van der Waals surface area contributed by atoms with Crippen molar-refractivity contribution in [3.05, 3.63) is 28.8 Å². The molecule has 0 aliphatic heterocycles.